The van der Waals surface area contributed by atoms with Crippen molar-refractivity contribution in [2.75, 3.05) is 0 Å². The molecule has 4 nitrogen and oxygen atoms in total. The molecule has 6 heteroatoms. The average molecular weight is 362 g/mol. The fourth-order valence-corrected chi connectivity index (χ4v) is 3.61. The molecule has 27 heavy (non-hydrogen) atoms. The number of aromatic nitrogens is 3. The van der Waals surface area contributed by atoms with E-state index in [1.807, 2.05) is 39.8 Å². The summed E-state index contributed by atoms with van der Waals surface area (Å²) in [6.45, 7) is 1.48. The Morgan fingerprint density at radius 3 is 2.59 bits per heavy atom. The maximum atomic E-state index is 14.7. The number of fused-ring (bicyclic) bond motifs is 2. The number of rotatable bonds is 3. The predicted molar refractivity (Wildman–Crippen MR) is 97.7 cm³/mol. The summed E-state index contributed by atoms with van der Waals surface area (Å²) >= 11 is 0. The Hall–Kier alpha value is -3.12. The van der Waals surface area contributed by atoms with Crippen LogP contribution in [0.3, 0.4) is 0 Å². The van der Waals surface area contributed by atoms with Gasteiger partial charge in [-0.25, -0.2) is 13.8 Å². The smallest absolute Gasteiger partial charge is 0.136 e. The summed E-state index contributed by atoms with van der Waals surface area (Å²) in [7, 11) is 0. The van der Waals surface area contributed by atoms with Crippen molar-refractivity contribution in [2.24, 2.45) is 0 Å². The van der Waals surface area contributed by atoms with Crippen molar-refractivity contribution in [2.45, 2.75) is 19.6 Å². The normalized spacial score (nSPS) is 14.0. The zero-order valence-electron chi connectivity index (χ0n) is 14.4. The molecule has 0 saturated carbocycles. The molecule has 0 fully saturated rings. The second kappa shape index (κ2) is 6.25. The number of halogens is 2. The Bertz CT molecular complexity index is 1100. The van der Waals surface area contributed by atoms with E-state index in [4.69, 9.17) is 0 Å². The molecule has 1 aromatic carbocycles. The highest BCUT2D eigenvalue weighted by Crippen LogP contribution is 2.28. The van der Waals surface area contributed by atoms with Gasteiger partial charge in [-0.3, -0.25) is 9.88 Å². The van der Waals surface area contributed by atoms with Gasteiger partial charge in [0.15, 0.2) is 0 Å². The van der Waals surface area contributed by atoms with Crippen molar-refractivity contribution >= 4 is 5.65 Å². The largest absolute Gasteiger partial charge is 0.306 e. The van der Waals surface area contributed by atoms with Gasteiger partial charge in [0, 0.05) is 50.0 Å². The number of hydrogen-bond acceptors (Lipinski definition) is 3. The summed E-state index contributed by atoms with van der Waals surface area (Å²) in [5.41, 5.74) is 4.22. The molecule has 0 aliphatic carbocycles. The molecule has 1 aliphatic rings. The van der Waals surface area contributed by atoms with Crippen molar-refractivity contribution in [3.8, 4) is 11.1 Å². The van der Waals surface area contributed by atoms with E-state index < -0.39 is 11.6 Å². The van der Waals surface area contributed by atoms with Gasteiger partial charge in [0.2, 0.25) is 0 Å². The molecule has 3 aromatic heterocycles. The zero-order valence-corrected chi connectivity index (χ0v) is 14.4. The van der Waals surface area contributed by atoms with Gasteiger partial charge in [0.25, 0.3) is 0 Å². The van der Waals surface area contributed by atoms with E-state index in [1.165, 1.54) is 12.1 Å². The van der Waals surface area contributed by atoms with E-state index in [2.05, 4.69) is 9.97 Å². The third-order valence-corrected chi connectivity index (χ3v) is 5.00. The number of nitrogens with zero attached hydrogens (tertiary/aromatic N) is 4. The standard InChI is InChI=1S/C21H16F2N4/c22-18-8-16(14-3-4-21-25-6-7-27(21)11-14)9-19(23)17(18)12-26-10-15-2-1-5-24-20(15)13-26/h1-9,11H,10,12-13H2. The van der Waals surface area contributed by atoms with E-state index >= 15 is 0 Å². The van der Waals surface area contributed by atoms with Crippen molar-refractivity contribution in [3.63, 3.8) is 0 Å². The van der Waals surface area contributed by atoms with E-state index in [1.54, 1.807) is 18.6 Å². The van der Waals surface area contributed by atoms with Crippen molar-refractivity contribution in [1.29, 1.82) is 0 Å². The lowest BCUT2D eigenvalue weighted by Gasteiger charge is -2.16. The summed E-state index contributed by atoms with van der Waals surface area (Å²) < 4.78 is 31.3. The summed E-state index contributed by atoms with van der Waals surface area (Å²) in [5, 5.41) is 0. The van der Waals surface area contributed by atoms with Crippen LogP contribution in [-0.4, -0.2) is 19.3 Å². The zero-order chi connectivity index (χ0) is 18.4. The van der Waals surface area contributed by atoms with Crippen LogP contribution in [-0.2, 0) is 19.6 Å². The molecule has 0 saturated heterocycles. The number of imidazole rings is 1. The van der Waals surface area contributed by atoms with Crippen LogP contribution >= 0.6 is 0 Å². The van der Waals surface area contributed by atoms with Crippen molar-refractivity contribution < 1.29 is 8.78 Å². The first-order valence-corrected chi connectivity index (χ1v) is 8.73. The van der Waals surface area contributed by atoms with Gasteiger partial charge in [0.1, 0.15) is 17.3 Å². The maximum absolute atomic E-state index is 14.7. The first-order valence-electron chi connectivity index (χ1n) is 8.73. The van der Waals surface area contributed by atoms with Crippen molar-refractivity contribution in [1.82, 2.24) is 19.3 Å². The predicted octanol–water partition coefficient (Wildman–Crippen LogP) is 4.19. The highest BCUT2D eigenvalue weighted by molar-refractivity contribution is 5.65. The van der Waals surface area contributed by atoms with Gasteiger partial charge >= 0.3 is 0 Å². The lowest BCUT2D eigenvalue weighted by Crippen LogP contribution is -2.18. The molecule has 0 unspecified atom stereocenters. The molecule has 1 aliphatic heterocycles. The Morgan fingerprint density at radius 1 is 0.926 bits per heavy atom. The average Bonchev–Trinajstić information content (AvgIpc) is 3.29. The minimum atomic E-state index is -0.528. The van der Waals surface area contributed by atoms with Crippen LogP contribution in [0.25, 0.3) is 16.8 Å². The van der Waals surface area contributed by atoms with Crippen LogP contribution < -0.4 is 0 Å². The monoisotopic (exact) mass is 362 g/mol. The number of benzene rings is 1. The first-order chi connectivity index (χ1) is 13.2. The van der Waals surface area contributed by atoms with E-state index in [0.29, 0.717) is 18.7 Å². The fourth-order valence-electron chi connectivity index (χ4n) is 3.61. The van der Waals surface area contributed by atoms with Crippen LogP contribution in [0.1, 0.15) is 16.8 Å². The van der Waals surface area contributed by atoms with Gasteiger partial charge in [-0.05, 0) is 47.0 Å². The molecule has 4 aromatic rings. The SMILES string of the molecule is Fc1cc(-c2ccc3nccn3c2)cc(F)c1CN1Cc2cccnc2C1. The third-order valence-electron chi connectivity index (χ3n) is 5.00. The Balaban J connectivity index is 1.43. The van der Waals surface area contributed by atoms with Gasteiger partial charge in [-0.1, -0.05) is 6.07 Å². The summed E-state index contributed by atoms with van der Waals surface area (Å²) in [6.07, 6.45) is 7.06. The number of hydrogen-bond donors (Lipinski definition) is 0. The van der Waals surface area contributed by atoms with Gasteiger partial charge in [-0.15, -0.1) is 0 Å². The highest BCUT2D eigenvalue weighted by atomic mass is 19.1. The Morgan fingerprint density at radius 2 is 1.78 bits per heavy atom. The molecular weight excluding hydrogens is 346 g/mol. The van der Waals surface area contributed by atoms with E-state index in [-0.39, 0.29) is 12.1 Å². The quantitative estimate of drug-likeness (QED) is 0.548. The Kier molecular flexibility index (Phi) is 3.72. The second-order valence-electron chi connectivity index (χ2n) is 6.78. The van der Waals surface area contributed by atoms with E-state index in [9.17, 15) is 8.78 Å². The topological polar surface area (TPSA) is 33.4 Å². The van der Waals surface area contributed by atoms with Gasteiger partial charge in [0.05, 0.1) is 5.69 Å². The van der Waals surface area contributed by atoms with E-state index in [0.717, 1.165) is 22.5 Å². The Labute approximate surface area is 154 Å². The summed E-state index contributed by atoms with van der Waals surface area (Å²) in [6, 6.07) is 10.3. The molecular formula is C21H16F2N4. The number of pyridine rings is 2. The minimum Gasteiger partial charge on any atom is -0.306 e. The van der Waals surface area contributed by atoms with Crippen LogP contribution in [0.15, 0.2) is 61.2 Å². The second-order valence-corrected chi connectivity index (χ2v) is 6.78. The lowest BCUT2D eigenvalue weighted by molar-refractivity contribution is 0.265. The van der Waals surface area contributed by atoms with Crippen LogP contribution in [0.2, 0.25) is 0 Å². The molecule has 134 valence electrons. The highest BCUT2D eigenvalue weighted by Gasteiger charge is 2.22. The maximum Gasteiger partial charge on any atom is 0.136 e. The lowest BCUT2D eigenvalue weighted by atomic mass is 10.0. The van der Waals surface area contributed by atoms with Crippen LogP contribution in [0.4, 0.5) is 8.78 Å². The first kappa shape index (κ1) is 16.1. The van der Waals surface area contributed by atoms with Gasteiger partial charge in [-0.2, -0.15) is 0 Å². The fraction of sp³-hybridized carbons (Fsp3) is 0.143. The van der Waals surface area contributed by atoms with Crippen LogP contribution in [0, 0.1) is 11.6 Å². The minimum absolute atomic E-state index is 0.0928. The molecule has 0 spiro atoms. The molecule has 0 radical (unpaired) electrons. The molecule has 0 amide bonds. The molecule has 4 heterocycles. The van der Waals surface area contributed by atoms with Gasteiger partial charge < -0.3 is 4.40 Å². The summed E-state index contributed by atoms with van der Waals surface area (Å²) in [5.74, 6) is -1.06. The molecule has 0 N–H and O–H groups in total. The van der Waals surface area contributed by atoms with Crippen molar-refractivity contribution in [3.05, 3.63) is 89.6 Å². The molecule has 5 rings (SSSR count). The molecule has 0 atom stereocenters. The van der Waals surface area contributed by atoms with Crippen LogP contribution in [0.5, 0.6) is 0 Å². The summed E-state index contributed by atoms with van der Waals surface area (Å²) in [4.78, 5) is 10.5. The third kappa shape index (κ3) is 2.88. The molecule has 0 bridgehead atoms.